The molecule has 1 amide bonds. The van der Waals surface area contributed by atoms with E-state index in [0.717, 1.165) is 22.7 Å². The van der Waals surface area contributed by atoms with Crippen LogP contribution < -0.4 is 19.1 Å². The lowest BCUT2D eigenvalue weighted by Gasteiger charge is -2.24. The third-order valence-electron chi connectivity index (χ3n) is 5.36. The number of anilines is 1. The van der Waals surface area contributed by atoms with Crippen LogP contribution in [0.5, 0.6) is 11.5 Å². The van der Waals surface area contributed by atoms with Gasteiger partial charge < -0.3 is 14.8 Å². The largest absolute Gasteiger partial charge is 0.493 e. The van der Waals surface area contributed by atoms with Crippen molar-refractivity contribution in [2.24, 2.45) is 0 Å². The van der Waals surface area contributed by atoms with Gasteiger partial charge in [0.15, 0.2) is 11.5 Å². The average molecular weight is 483 g/mol. The fourth-order valence-corrected chi connectivity index (χ4v) is 4.92. The van der Waals surface area contributed by atoms with Crippen LogP contribution in [0.25, 0.3) is 0 Å². The SMILES string of the molecule is COc1ccc(S(=O)(=O)N(CC(=O)NCCCc2ccccc2)c2ccc(C)cc2)cc1OC. The van der Waals surface area contributed by atoms with Crippen LogP contribution in [0.4, 0.5) is 5.69 Å². The zero-order chi connectivity index (χ0) is 24.6. The van der Waals surface area contributed by atoms with Gasteiger partial charge in [-0.05, 0) is 49.6 Å². The third kappa shape index (κ3) is 6.29. The highest BCUT2D eigenvalue weighted by Gasteiger charge is 2.28. The minimum Gasteiger partial charge on any atom is -0.493 e. The van der Waals surface area contributed by atoms with Gasteiger partial charge in [0, 0.05) is 12.6 Å². The molecular weight excluding hydrogens is 452 g/mol. The molecule has 0 aromatic heterocycles. The maximum atomic E-state index is 13.6. The van der Waals surface area contributed by atoms with E-state index in [1.165, 1.54) is 38.0 Å². The summed E-state index contributed by atoms with van der Waals surface area (Å²) >= 11 is 0. The van der Waals surface area contributed by atoms with Crippen molar-refractivity contribution in [3.8, 4) is 11.5 Å². The molecule has 0 aliphatic heterocycles. The zero-order valence-electron chi connectivity index (χ0n) is 19.7. The van der Waals surface area contributed by atoms with Crippen LogP contribution in [0.2, 0.25) is 0 Å². The van der Waals surface area contributed by atoms with Crippen LogP contribution in [0.15, 0.2) is 77.7 Å². The first kappa shape index (κ1) is 25.1. The number of hydrogen-bond donors (Lipinski definition) is 1. The van der Waals surface area contributed by atoms with Crippen molar-refractivity contribution in [2.75, 3.05) is 31.6 Å². The van der Waals surface area contributed by atoms with Crippen molar-refractivity contribution in [3.63, 3.8) is 0 Å². The van der Waals surface area contributed by atoms with Gasteiger partial charge in [0.1, 0.15) is 6.54 Å². The van der Waals surface area contributed by atoms with Crippen LogP contribution in [-0.2, 0) is 21.2 Å². The van der Waals surface area contributed by atoms with Crippen LogP contribution >= 0.6 is 0 Å². The second kappa shape index (κ2) is 11.6. The van der Waals surface area contributed by atoms with Gasteiger partial charge in [-0.2, -0.15) is 0 Å². The molecule has 0 aliphatic carbocycles. The van der Waals surface area contributed by atoms with E-state index in [2.05, 4.69) is 5.32 Å². The Hall–Kier alpha value is -3.52. The summed E-state index contributed by atoms with van der Waals surface area (Å²) < 4.78 is 38.8. The predicted molar refractivity (Wildman–Crippen MR) is 133 cm³/mol. The fourth-order valence-electron chi connectivity index (χ4n) is 3.48. The van der Waals surface area contributed by atoms with E-state index in [4.69, 9.17) is 9.47 Å². The topological polar surface area (TPSA) is 84.9 Å². The smallest absolute Gasteiger partial charge is 0.264 e. The van der Waals surface area contributed by atoms with E-state index in [1.54, 1.807) is 12.1 Å². The lowest BCUT2D eigenvalue weighted by Crippen LogP contribution is -2.41. The van der Waals surface area contributed by atoms with Gasteiger partial charge in [-0.3, -0.25) is 9.10 Å². The fraction of sp³-hybridized carbons (Fsp3) is 0.269. The summed E-state index contributed by atoms with van der Waals surface area (Å²) in [5.41, 5.74) is 2.58. The molecule has 1 N–H and O–H groups in total. The summed E-state index contributed by atoms with van der Waals surface area (Å²) in [6.45, 7) is 2.02. The van der Waals surface area contributed by atoms with Gasteiger partial charge in [-0.1, -0.05) is 48.0 Å². The Kier molecular flexibility index (Phi) is 8.54. The minimum absolute atomic E-state index is 0.00241. The van der Waals surface area contributed by atoms with Gasteiger partial charge in [0.25, 0.3) is 10.0 Å². The van der Waals surface area contributed by atoms with Crippen molar-refractivity contribution >= 4 is 21.6 Å². The molecule has 0 aliphatic rings. The Balaban J connectivity index is 1.78. The van der Waals surface area contributed by atoms with Gasteiger partial charge in [0.2, 0.25) is 5.91 Å². The molecule has 3 aromatic carbocycles. The van der Waals surface area contributed by atoms with Crippen LogP contribution in [0.3, 0.4) is 0 Å². The number of carbonyl (C=O) groups is 1. The summed E-state index contributed by atoms with van der Waals surface area (Å²) in [4.78, 5) is 12.7. The predicted octanol–water partition coefficient (Wildman–Crippen LogP) is 3.96. The second-order valence-electron chi connectivity index (χ2n) is 7.80. The Morgan fingerprint density at radius 3 is 2.24 bits per heavy atom. The van der Waals surface area contributed by atoms with Crippen molar-refractivity contribution in [2.45, 2.75) is 24.7 Å². The minimum atomic E-state index is -4.06. The number of amides is 1. The van der Waals surface area contributed by atoms with Crippen molar-refractivity contribution in [3.05, 3.63) is 83.9 Å². The number of sulfonamides is 1. The molecule has 0 fully saturated rings. The third-order valence-corrected chi connectivity index (χ3v) is 7.13. The molecule has 0 bridgehead atoms. The average Bonchev–Trinajstić information content (AvgIpc) is 2.86. The number of nitrogens with one attached hydrogen (secondary N) is 1. The quantitative estimate of drug-likeness (QED) is 0.418. The molecule has 0 unspecified atom stereocenters. The zero-order valence-corrected chi connectivity index (χ0v) is 20.5. The lowest BCUT2D eigenvalue weighted by atomic mass is 10.1. The Morgan fingerprint density at radius 1 is 0.912 bits per heavy atom. The number of nitrogens with zero attached hydrogens (tertiary/aromatic N) is 1. The number of aryl methyl sites for hydroxylation is 2. The summed E-state index contributed by atoms with van der Waals surface area (Å²) in [5.74, 6) is 0.329. The number of ether oxygens (including phenoxy) is 2. The molecule has 0 radical (unpaired) electrons. The first-order chi connectivity index (χ1) is 16.3. The summed E-state index contributed by atoms with van der Waals surface area (Å²) in [6, 6.07) is 21.4. The highest BCUT2D eigenvalue weighted by molar-refractivity contribution is 7.92. The number of carbonyl (C=O) groups excluding carboxylic acids is 1. The Labute approximate surface area is 201 Å². The molecule has 0 heterocycles. The lowest BCUT2D eigenvalue weighted by molar-refractivity contribution is -0.119. The van der Waals surface area contributed by atoms with Gasteiger partial charge in [-0.25, -0.2) is 8.42 Å². The molecule has 7 nitrogen and oxygen atoms in total. The number of hydrogen-bond acceptors (Lipinski definition) is 5. The molecule has 0 saturated heterocycles. The molecule has 3 aromatic rings. The first-order valence-corrected chi connectivity index (χ1v) is 12.4. The highest BCUT2D eigenvalue weighted by atomic mass is 32.2. The second-order valence-corrected chi connectivity index (χ2v) is 9.67. The maximum Gasteiger partial charge on any atom is 0.264 e. The van der Waals surface area contributed by atoms with E-state index >= 15 is 0 Å². The monoisotopic (exact) mass is 482 g/mol. The highest BCUT2D eigenvalue weighted by Crippen LogP contribution is 2.32. The summed E-state index contributed by atoms with van der Waals surface area (Å²) in [7, 11) is -1.14. The van der Waals surface area contributed by atoms with E-state index in [9.17, 15) is 13.2 Å². The molecule has 0 saturated carbocycles. The van der Waals surface area contributed by atoms with Gasteiger partial charge in [-0.15, -0.1) is 0 Å². The van der Waals surface area contributed by atoms with Gasteiger partial charge in [0.05, 0.1) is 24.8 Å². The van der Waals surface area contributed by atoms with Crippen molar-refractivity contribution in [1.82, 2.24) is 5.32 Å². The van der Waals surface area contributed by atoms with Crippen LogP contribution in [-0.4, -0.2) is 41.6 Å². The summed E-state index contributed by atoms with van der Waals surface area (Å²) in [6.07, 6.45) is 1.58. The number of benzene rings is 3. The number of rotatable bonds is 11. The molecule has 3 rings (SSSR count). The molecule has 8 heteroatoms. The Bertz CT molecular complexity index is 1200. The Morgan fingerprint density at radius 2 is 1.59 bits per heavy atom. The van der Waals surface area contributed by atoms with E-state index in [0.29, 0.717) is 18.0 Å². The molecule has 180 valence electrons. The van der Waals surface area contributed by atoms with Crippen LogP contribution in [0, 0.1) is 6.92 Å². The van der Waals surface area contributed by atoms with Crippen molar-refractivity contribution in [1.29, 1.82) is 0 Å². The van der Waals surface area contributed by atoms with Crippen LogP contribution in [0.1, 0.15) is 17.5 Å². The molecular formula is C26H30N2O5S. The number of methoxy groups -OCH3 is 2. The van der Waals surface area contributed by atoms with E-state index < -0.39 is 10.0 Å². The molecule has 0 spiro atoms. The first-order valence-electron chi connectivity index (χ1n) is 11.0. The summed E-state index contributed by atoms with van der Waals surface area (Å²) in [5, 5.41) is 2.84. The molecule has 34 heavy (non-hydrogen) atoms. The van der Waals surface area contributed by atoms with Gasteiger partial charge >= 0.3 is 0 Å². The van der Waals surface area contributed by atoms with Crippen molar-refractivity contribution < 1.29 is 22.7 Å². The standard InChI is InChI=1S/C26H30N2O5S/c1-20-11-13-22(14-12-20)28(19-26(29)27-17-7-10-21-8-5-4-6-9-21)34(30,31)23-15-16-24(32-2)25(18-23)33-3/h4-6,8-9,11-16,18H,7,10,17,19H2,1-3H3,(H,27,29). The normalized spacial score (nSPS) is 11.0. The molecule has 0 atom stereocenters. The maximum absolute atomic E-state index is 13.6. The van der Waals surface area contributed by atoms with E-state index in [-0.39, 0.29) is 23.1 Å². The van der Waals surface area contributed by atoms with E-state index in [1.807, 2.05) is 49.4 Å².